The Balaban J connectivity index is 2.21. The van der Waals surface area contributed by atoms with Crippen LogP contribution >= 0.6 is 11.6 Å². The normalized spacial score (nSPS) is 10.2. The molecule has 0 radical (unpaired) electrons. The number of aromatic nitrogens is 3. The summed E-state index contributed by atoms with van der Waals surface area (Å²) < 4.78 is 0. The molecule has 6 heteroatoms. The van der Waals surface area contributed by atoms with Crippen LogP contribution < -0.4 is 11.1 Å². The Bertz CT molecular complexity index is 488. The van der Waals surface area contributed by atoms with E-state index in [1.165, 1.54) is 0 Å². The Hall–Kier alpha value is -1.88. The van der Waals surface area contributed by atoms with Gasteiger partial charge in [0.05, 0.1) is 0 Å². The van der Waals surface area contributed by atoms with Crippen molar-refractivity contribution in [1.82, 2.24) is 15.0 Å². The number of nitrogens with one attached hydrogen (secondary N) is 1. The fourth-order valence-corrected chi connectivity index (χ4v) is 1.51. The third-order valence-electron chi connectivity index (χ3n) is 2.05. The van der Waals surface area contributed by atoms with Crippen LogP contribution in [0.25, 0.3) is 0 Å². The van der Waals surface area contributed by atoms with E-state index in [0.29, 0.717) is 24.1 Å². The lowest BCUT2D eigenvalue weighted by Crippen LogP contribution is -2.07. The molecule has 0 aliphatic carbocycles. The van der Waals surface area contributed by atoms with Crippen LogP contribution in [0.1, 0.15) is 5.82 Å². The fourth-order valence-electron chi connectivity index (χ4n) is 1.34. The molecule has 88 valence electrons. The Morgan fingerprint density at radius 1 is 1.12 bits per heavy atom. The van der Waals surface area contributed by atoms with Crippen molar-refractivity contribution >= 4 is 29.2 Å². The second-order valence-corrected chi connectivity index (χ2v) is 3.74. The van der Waals surface area contributed by atoms with E-state index in [-0.39, 0.29) is 5.95 Å². The van der Waals surface area contributed by atoms with Gasteiger partial charge in [-0.3, -0.25) is 0 Å². The maximum absolute atomic E-state index is 5.64. The lowest BCUT2D eigenvalue weighted by molar-refractivity contribution is 0.917. The minimum absolute atomic E-state index is 0.193. The number of rotatable bonds is 4. The summed E-state index contributed by atoms with van der Waals surface area (Å²) >= 11 is 5.64. The van der Waals surface area contributed by atoms with Gasteiger partial charge < -0.3 is 11.1 Å². The van der Waals surface area contributed by atoms with Crippen molar-refractivity contribution in [2.24, 2.45) is 0 Å². The van der Waals surface area contributed by atoms with E-state index in [1.807, 2.05) is 30.3 Å². The predicted molar refractivity (Wildman–Crippen MR) is 68.4 cm³/mol. The first-order valence-corrected chi connectivity index (χ1v) is 5.70. The number of nitrogen functional groups attached to an aromatic ring is 1. The van der Waals surface area contributed by atoms with Crippen LogP contribution in [0.2, 0.25) is 0 Å². The van der Waals surface area contributed by atoms with E-state index in [4.69, 9.17) is 17.3 Å². The molecule has 2 aromatic rings. The molecule has 0 unspecified atom stereocenters. The maximum atomic E-state index is 5.64. The molecule has 0 amide bonds. The molecule has 0 aliphatic rings. The van der Waals surface area contributed by atoms with Gasteiger partial charge in [0.1, 0.15) is 5.82 Å². The molecule has 0 bridgehead atoms. The molecule has 0 saturated carbocycles. The van der Waals surface area contributed by atoms with Gasteiger partial charge in [-0.05, 0) is 12.1 Å². The molecule has 17 heavy (non-hydrogen) atoms. The quantitative estimate of drug-likeness (QED) is 0.811. The molecule has 0 aliphatic heterocycles. The molecule has 0 spiro atoms. The highest BCUT2D eigenvalue weighted by molar-refractivity contribution is 6.17. The molecular weight excluding hydrogens is 238 g/mol. The summed E-state index contributed by atoms with van der Waals surface area (Å²) in [6.07, 6.45) is 0.567. The smallest absolute Gasteiger partial charge is 0.232 e. The predicted octanol–water partition coefficient (Wildman–Crippen LogP) is 1.98. The third kappa shape index (κ3) is 3.29. The average molecular weight is 250 g/mol. The molecular formula is C11H12ClN5. The van der Waals surface area contributed by atoms with Gasteiger partial charge in [-0.2, -0.15) is 15.0 Å². The monoisotopic (exact) mass is 249 g/mol. The van der Waals surface area contributed by atoms with Crippen LogP contribution in [-0.4, -0.2) is 20.8 Å². The number of halogens is 1. The number of alkyl halides is 1. The topological polar surface area (TPSA) is 76.7 Å². The van der Waals surface area contributed by atoms with Crippen molar-refractivity contribution in [1.29, 1.82) is 0 Å². The van der Waals surface area contributed by atoms with Gasteiger partial charge >= 0.3 is 0 Å². The highest BCUT2D eigenvalue weighted by Crippen LogP contribution is 2.12. The molecule has 1 aromatic carbocycles. The van der Waals surface area contributed by atoms with Crippen molar-refractivity contribution in [3.8, 4) is 0 Å². The van der Waals surface area contributed by atoms with Crippen molar-refractivity contribution in [2.75, 3.05) is 16.9 Å². The largest absolute Gasteiger partial charge is 0.368 e. The van der Waals surface area contributed by atoms with Gasteiger partial charge in [0.15, 0.2) is 0 Å². The first-order valence-electron chi connectivity index (χ1n) is 5.16. The number of nitrogens with zero attached hydrogens (tertiary/aromatic N) is 3. The van der Waals surface area contributed by atoms with E-state index in [9.17, 15) is 0 Å². The van der Waals surface area contributed by atoms with Crippen molar-refractivity contribution in [3.63, 3.8) is 0 Å². The summed E-state index contributed by atoms with van der Waals surface area (Å²) in [5.41, 5.74) is 6.50. The minimum Gasteiger partial charge on any atom is -0.368 e. The highest BCUT2D eigenvalue weighted by atomic mass is 35.5. The van der Waals surface area contributed by atoms with Crippen LogP contribution in [0, 0.1) is 0 Å². The molecule has 1 heterocycles. The molecule has 1 aromatic heterocycles. The molecule has 2 rings (SSSR count). The summed E-state index contributed by atoms with van der Waals surface area (Å²) in [7, 11) is 0. The zero-order valence-electron chi connectivity index (χ0n) is 9.10. The number of para-hydroxylation sites is 1. The Kier molecular flexibility index (Phi) is 3.72. The van der Waals surface area contributed by atoms with Crippen LogP contribution in [0.4, 0.5) is 17.6 Å². The molecule has 3 N–H and O–H groups in total. The van der Waals surface area contributed by atoms with E-state index >= 15 is 0 Å². The van der Waals surface area contributed by atoms with Gasteiger partial charge in [0, 0.05) is 18.0 Å². The van der Waals surface area contributed by atoms with Gasteiger partial charge in [-0.15, -0.1) is 11.6 Å². The second kappa shape index (κ2) is 5.45. The zero-order chi connectivity index (χ0) is 12.1. The van der Waals surface area contributed by atoms with Crippen molar-refractivity contribution < 1.29 is 0 Å². The van der Waals surface area contributed by atoms with Crippen LogP contribution in [0.5, 0.6) is 0 Å². The van der Waals surface area contributed by atoms with Gasteiger partial charge in [0.2, 0.25) is 11.9 Å². The Morgan fingerprint density at radius 3 is 2.59 bits per heavy atom. The summed E-state index contributed by atoms with van der Waals surface area (Å²) in [5, 5.41) is 3.06. The number of nitrogens with two attached hydrogens (primary N) is 1. The third-order valence-corrected chi connectivity index (χ3v) is 2.24. The maximum Gasteiger partial charge on any atom is 0.232 e. The molecule has 5 nitrogen and oxygen atoms in total. The lowest BCUT2D eigenvalue weighted by Gasteiger charge is -2.06. The lowest BCUT2D eigenvalue weighted by atomic mass is 10.3. The van der Waals surface area contributed by atoms with Crippen molar-refractivity contribution in [3.05, 3.63) is 36.2 Å². The van der Waals surface area contributed by atoms with Crippen molar-refractivity contribution in [2.45, 2.75) is 6.42 Å². The average Bonchev–Trinajstić information content (AvgIpc) is 2.30. The van der Waals surface area contributed by atoms with E-state index in [0.717, 1.165) is 5.69 Å². The van der Waals surface area contributed by atoms with E-state index in [2.05, 4.69) is 20.3 Å². The number of anilines is 3. The summed E-state index contributed by atoms with van der Waals surface area (Å²) in [6.45, 7) is 0. The number of hydrogen-bond donors (Lipinski definition) is 2. The number of hydrogen-bond acceptors (Lipinski definition) is 5. The first-order chi connectivity index (χ1) is 8.28. The summed E-state index contributed by atoms with van der Waals surface area (Å²) in [4.78, 5) is 12.2. The molecule has 0 atom stereocenters. The molecule has 0 saturated heterocycles. The van der Waals surface area contributed by atoms with Gasteiger partial charge in [-0.1, -0.05) is 18.2 Å². The fraction of sp³-hybridized carbons (Fsp3) is 0.182. The van der Waals surface area contributed by atoms with Crippen LogP contribution in [0.3, 0.4) is 0 Å². The first kappa shape index (κ1) is 11.6. The van der Waals surface area contributed by atoms with E-state index < -0.39 is 0 Å². The van der Waals surface area contributed by atoms with Crippen LogP contribution in [0.15, 0.2) is 30.3 Å². The minimum atomic E-state index is 0.193. The Labute approximate surface area is 104 Å². The summed E-state index contributed by atoms with van der Waals surface area (Å²) in [5.74, 6) is 1.67. The second-order valence-electron chi connectivity index (χ2n) is 3.36. The van der Waals surface area contributed by atoms with Gasteiger partial charge in [-0.25, -0.2) is 0 Å². The SMILES string of the molecule is Nc1nc(CCCl)nc(Nc2ccccc2)n1. The number of benzene rings is 1. The van der Waals surface area contributed by atoms with Crippen LogP contribution in [-0.2, 0) is 6.42 Å². The Morgan fingerprint density at radius 2 is 1.88 bits per heavy atom. The van der Waals surface area contributed by atoms with E-state index in [1.54, 1.807) is 0 Å². The molecule has 0 fully saturated rings. The zero-order valence-corrected chi connectivity index (χ0v) is 9.85. The standard InChI is InChI=1S/C11H12ClN5/c12-7-6-9-15-10(13)17-11(16-9)14-8-4-2-1-3-5-8/h1-5H,6-7H2,(H3,13,14,15,16,17). The highest BCUT2D eigenvalue weighted by Gasteiger charge is 2.04. The summed E-state index contributed by atoms with van der Waals surface area (Å²) in [6, 6.07) is 9.62. The van der Waals surface area contributed by atoms with Gasteiger partial charge in [0.25, 0.3) is 0 Å². The number of aryl methyl sites for hydroxylation is 1.